The van der Waals surface area contributed by atoms with Crippen molar-refractivity contribution in [2.24, 2.45) is 0 Å². The largest absolute Gasteiger partial charge is 0.453 e. The second kappa shape index (κ2) is 5.98. The van der Waals surface area contributed by atoms with Gasteiger partial charge in [-0.25, -0.2) is 17.5 Å². The summed E-state index contributed by atoms with van der Waals surface area (Å²) in [5.41, 5.74) is -0.808. The molecule has 2 aromatic rings. The zero-order chi connectivity index (χ0) is 19.2. The molecule has 0 saturated carbocycles. The number of nitrogens with one attached hydrogen (secondary N) is 1. The van der Waals surface area contributed by atoms with Crippen molar-refractivity contribution in [1.29, 1.82) is 0 Å². The van der Waals surface area contributed by atoms with E-state index in [9.17, 15) is 18.0 Å². The summed E-state index contributed by atoms with van der Waals surface area (Å²) in [6.07, 6.45) is -1.83. The van der Waals surface area contributed by atoms with E-state index in [0.717, 1.165) is 4.31 Å². The first kappa shape index (κ1) is 17.3. The van der Waals surface area contributed by atoms with Crippen LogP contribution in [0, 0.1) is 0 Å². The van der Waals surface area contributed by atoms with E-state index in [2.05, 4.69) is 5.32 Å². The number of benzene rings is 2. The number of hydrogen-bond donors (Lipinski definition) is 1. The van der Waals surface area contributed by atoms with Gasteiger partial charge in [0.2, 0.25) is 5.66 Å². The lowest BCUT2D eigenvalue weighted by molar-refractivity contribution is -0.150. The van der Waals surface area contributed by atoms with Crippen molar-refractivity contribution >= 4 is 27.8 Å². The Morgan fingerprint density at radius 2 is 1.85 bits per heavy atom. The predicted molar refractivity (Wildman–Crippen MR) is 94.3 cm³/mol. The molecule has 9 heteroatoms. The molecule has 140 valence electrons. The Hall–Kier alpha value is -3.07. The number of hydrogen-bond acceptors (Lipinski definition) is 6. The van der Waals surface area contributed by atoms with Gasteiger partial charge in [0.25, 0.3) is 10.0 Å². The number of anilines is 1. The molecule has 0 aromatic heterocycles. The van der Waals surface area contributed by atoms with Gasteiger partial charge < -0.3 is 9.47 Å². The topological polar surface area (TPSA) is 102 Å². The van der Waals surface area contributed by atoms with Crippen LogP contribution in [0.15, 0.2) is 59.5 Å². The van der Waals surface area contributed by atoms with Crippen molar-refractivity contribution in [2.75, 3.05) is 10.9 Å². The van der Waals surface area contributed by atoms with Crippen molar-refractivity contribution in [3.8, 4) is 0 Å². The molecule has 1 fully saturated rings. The van der Waals surface area contributed by atoms with Crippen LogP contribution < -0.4 is 9.62 Å². The van der Waals surface area contributed by atoms with Gasteiger partial charge in [0, 0.05) is 12.5 Å². The van der Waals surface area contributed by atoms with Crippen molar-refractivity contribution in [2.45, 2.75) is 23.6 Å². The lowest BCUT2D eigenvalue weighted by Crippen LogP contribution is -2.61. The van der Waals surface area contributed by atoms with E-state index in [-0.39, 0.29) is 11.5 Å². The van der Waals surface area contributed by atoms with Crippen LogP contribution in [-0.4, -0.2) is 32.8 Å². The number of rotatable bonds is 3. The monoisotopic (exact) mass is 388 g/mol. The van der Waals surface area contributed by atoms with E-state index in [4.69, 9.17) is 9.47 Å². The molecule has 0 unspecified atom stereocenters. The first-order chi connectivity index (χ1) is 12.9. The minimum absolute atomic E-state index is 0.0452. The summed E-state index contributed by atoms with van der Waals surface area (Å²) in [7, 11) is -4.09. The summed E-state index contributed by atoms with van der Waals surface area (Å²) in [6.45, 7) is 0.923. The summed E-state index contributed by atoms with van der Waals surface area (Å²) in [4.78, 5) is 23.7. The molecule has 2 aliphatic heterocycles. The molecule has 0 aliphatic carbocycles. The van der Waals surface area contributed by atoms with Crippen molar-refractivity contribution in [1.82, 2.24) is 5.32 Å². The zero-order valence-electron chi connectivity index (χ0n) is 14.3. The lowest BCUT2D eigenvalue weighted by atomic mass is 10.0. The number of cyclic esters (lactones) is 1. The van der Waals surface area contributed by atoms with Crippen molar-refractivity contribution in [3.05, 3.63) is 60.2 Å². The molecule has 2 aliphatic rings. The summed E-state index contributed by atoms with van der Waals surface area (Å²) in [6, 6.07) is 14.5. The Morgan fingerprint density at radius 3 is 2.48 bits per heavy atom. The Kier molecular flexibility index (Phi) is 3.84. The maximum atomic E-state index is 13.5. The number of carbonyl (C=O) groups is 2. The van der Waals surface area contributed by atoms with E-state index in [1.54, 1.807) is 42.5 Å². The van der Waals surface area contributed by atoms with Gasteiger partial charge in [-0.1, -0.05) is 36.4 Å². The molecule has 1 amide bonds. The summed E-state index contributed by atoms with van der Waals surface area (Å²) >= 11 is 0. The minimum atomic E-state index is -4.09. The molecule has 2 atom stereocenters. The lowest BCUT2D eigenvalue weighted by Gasteiger charge is -2.36. The van der Waals surface area contributed by atoms with Gasteiger partial charge in [-0.05, 0) is 18.2 Å². The number of esters is 1. The molecule has 1 saturated heterocycles. The fraction of sp³-hybridized carbons (Fsp3) is 0.222. The van der Waals surface area contributed by atoms with E-state index < -0.39 is 33.9 Å². The molecule has 8 nitrogen and oxygen atoms in total. The van der Waals surface area contributed by atoms with Crippen LogP contribution in [-0.2, 0) is 24.3 Å². The summed E-state index contributed by atoms with van der Waals surface area (Å²) in [5.74, 6) is -0.603. The maximum absolute atomic E-state index is 13.5. The SMILES string of the molecule is CC(=O)O[C@H]1c2ccccc2N(S(=O)(=O)c2ccccc2)[C@]12COC(=O)N2. The number of ether oxygens (including phenoxy) is 2. The second-order valence-electron chi connectivity index (χ2n) is 6.26. The van der Waals surface area contributed by atoms with E-state index in [1.807, 2.05) is 0 Å². The second-order valence-corrected chi connectivity index (χ2v) is 8.04. The number of fused-ring (bicyclic) bond motifs is 1. The van der Waals surface area contributed by atoms with Gasteiger partial charge in [-0.2, -0.15) is 0 Å². The predicted octanol–water partition coefficient (Wildman–Crippen LogP) is 1.94. The van der Waals surface area contributed by atoms with Crippen molar-refractivity contribution in [3.63, 3.8) is 0 Å². The molecular formula is C18H16N2O6S. The number of amides is 1. The Morgan fingerprint density at radius 1 is 1.19 bits per heavy atom. The fourth-order valence-electron chi connectivity index (χ4n) is 3.52. The first-order valence-electron chi connectivity index (χ1n) is 8.18. The third-order valence-electron chi connectivity index (χ3n) is 4.54. The molecule has 2 aromatic carbocycles. The highest BCUT2D eigenvalue weighted by atomic mass is 32.2. The van der Waals surface area contributed by atoms with Gasteiger partial charge in [-0.3, -0.25) is 10.1 Å². The Balaban J connectivity index is 1.96. The molecule has 0 bridgehead atoms. The molecule has 1 spiro atoms. The molecule has 1 N–H and O–H groups in total. The van der Waals surface area contributed by atoms with Crippen LogP contribution in [0.25, 0.3) is 0 Å². The fourth-order valence-corrected chi connectivity index (χ4v) is 5.28. The number of carbonyl (C=O) groups excluding carboxylic acids is 2. The minimum Gasteiger partial charge on any atom is -0.453 e. The van der Waals surface area contributed by atoms with Crippen LogP contribution in [0.4, 0.5) is 10.5 Å². The number of para-hydroxylation sites is 1. The number of sulfonamides is 1. The van der Waals surface area contributed by atoms with Crippen LogP contribution in [0.5, 0.6) is 0 Å². The van der Waals surface area contributed by atoms with Gasteiger partial charge in [0.05, 0.1) is 10.6 Å². The molecule has 0 radical (unpaired) electrons. The normalized spacial score (nSPS) is 23.7. The van der Waals surface area contributed by atoms with Gasteiger partial charge >= 0.3 is 12.1 Å². The van der Waals surface area contributed by atoms with Crippen LogP contribution in [0.1, 0.15) is 18.6 Å². The van der Waals surface area contributed by atoms with E-state index >= 15 is 0 Å². The molecule has 2 heterocycles. The first-order valence-corrected chi connectivity index (χ1v) is 9.62. The summed E-state index contributed by atoms with van der Waals surface area (Å²) in [5, 5.41) is 2.57. The molecular weight excluding hydrogens is 372 g/mol. The quantitative estimate of drug-likeness (QED) is 0.806. The van der Waals surface area contributed by atoms with E-state index in [0.29, 0.717) is 11.3 Å². The van der Waals surface area contributed by atoms with Crippen LogP contribution >= 0.6 is 0 Å². The Labute approximate surface area is 155 Å². The van der Waals surface area contributed by atoms with Gasteiger partial charge in [-0.15, -0.1) is 0 Å². The molecule has 27 heavy (non-hydrogen) atoms. The maximum Gasteiger partial charge on any atom is 0.409 e. The third kappa shape index (κ3) is 2.54. The van der Waals surface area contributed by atoms with E-state index in [1.165, 1.54) is 19.1 Å². The highest BCUT2D eigenvalue weighted by molar-refractivity contribution is 7.93. The Bertz CT molecular complexity index is 1020. The van der Waals surface area contributed by atoms with Crippen LogP contribution in [0.2, 0.25) is 0 Å². The van der Waals surface area contributed by atoms with Crippen LogP contribution in [0.3, 0.4) is 0 Å². The van der Waals surface area contributed by atoms with Gasteiger partial charge in [0.1, 0.15) is 6.61 Å². The highest BCUT2D eigenvalue weighted by Crippen LogP contribution is 2.51. The van der Waals surface area contributed by atoms with Gasteiger partial charge in [0.15, 0.2) is 6.10 Å². The van der Waals surface area contributed by atoms with Crippen molar-refractivity contribution < 1.29 is 27.5 Å². The average molecular weight is 388 g/mol. The third-order valence-corrected chi connectivity index (χ3v) is 6.41. The standard InChI is InChI=1S/C18H16N2O6S/c1-12(21)26-16-14-9-5-6-10-15(14)20(18(16)11-25-17(22)19-18)27(23,24)13-7-3-2-4-8-13/h2-10,16H,11H2,1H3,(H,19,22)/t16-,18+/m0/s1. The molecule has 4 rings (SSSR count). The smallest absolute Gasteiger partial charge is 0.409 e. The highest BCUT2D eigenvalue weighted by Gasteiger charge is 2.62. The number of nitrogens with zero attached hydrogens (tertiary/aromatic N) is 1. The average Bonchev–Trinajstić information content (AvgIpc) is 3.14. The summed E-state index contributed by atoms with van der Waals surface area (Å²) < 4.78 is 38.5. The number of alkyl carbamates (subject to hydrolysis) is 1. The zero-order valence-corrected chi connectivity index (χ0v) is 15.1.